The van der Waals surface area contributed by atoms with E-state index in [0.29, 0.717) is 23.5 Å². The van der Waals surface area contributed by atoms with E-state index in [2.05, 4.69) is 5.32 Å². The van der Waals surface area contributed by atoms with E-state index >= 15 is 0 Å². The van der Waals surface area contributed by atoms with Crippen LogP contribution in [0.2, 0.25) is 0 Å². The highest BCUT2D eigenvalue weighted by Crippen LogP contribution is 2.30. The lowest BCUT2D eigenvalue weighted by molar-refractivity contribution is 0.0729. The highest BCUT2D eigenvalue weighted by molar-refractivity contribution is 7.18. The van der Waals surface area contributed by atoms with E-state index in [-0.39, 0.29) is 22.0 Å². The molecule has 3 amide bonds. The highest BCUT2D eigenvalue weighted by atomic mass is 32.1. The smallest absolute Gasteiger partial charge is 0.264 e. The number of piperidine rings is 1. The lowest BCUT2D eigenvalue weighted by Crippen LogP contribution is -2.35. The van der Waals surface area contributed by atoms with Crippen LogP contribution in [-0.4, -0.2) is 35.7 Å². The molecule has 0 atom stereocenters. The molecule has 138 valence electrons. The van der Waals surface area contributed by atoms with Crippen molar-refractivity contribution in [3.05, 3.63) is 51.9 Å². The van der Waals surface area contributed by atoms with Crippen molar-refractivity contribution in [3.8, 4) is 6.07 Å². The summed E-state index contributed by atoms with van der Waals surface area (Å²) in [6.07, 6.45) is 3.01. The summed E-state index contributed by atoms with van der Waals surface area (Å²) in [7, 11) is 0. The van der Waals surface area contributed by atoms with Gasteiger partial charge >= 0.3 is 0 Å². The van der Waals surface area contributed by atoms with E-state index in [1.165, 1.54) is 12.1 Å². The van der Waals surface area contributed by atoms with Gasteiger partial charge in [0.25, 0.3) is 17.7 Å². The number of thiophene rings is 1. The largest absolute Gasteiger partial charge is 0.366 e. The minimum atomic E-state index is -0.718. The van der Waals surface area contributed by atoms with Gasteiger partial charge in [0, 0.05) is 18.7 Å². The molecule has 0 saturated carbocycles. The molecular formula is C19H18N4O3S. The van der Waals surface area contributed by atoms with Crippen LogP contribution in [0, 0.1) is 11.3 Å². The lowest BCUT2D eigenvalue weighted by atomic mass is 10.1. The highest BCUT2D eigenvalue weighted by Gasteiger charge is 2.24. The summed E-state index contributed by atoms with van der Waals surface area (Å²) in [5, 5.41) is 11.8. The molecular weight excluding hydrogens is 364 g/mol. The maximum absolute atomic E-state index is 12.7. The predicted molar refractivity (Wildman–Crippen MR) is 102 cm³/mol. The van der Waals surface area contributed by atoms with E-state index in [1.54, 1.807) is 23.1 Å². The Morgan fingerprint density at radius 3 is 2.56 bits per heavy atom. The molecule has 1 aromatic heterocycles. The number of anilines is 1. The van der Waals surface area contributed by atoms with Gasteiger partial charge < -0.3 is 16.0 Å². The molecule has 1 aromatic carbocycles. The number of primary amides is 1. The van der Waals surface area contributed by atoms with Gasteiger partial charge in [0.2, 0.25) is 0 Å². The maximum Gasteiger partial charge on any atom is 0.264 e. The SMILES string of the molecule is N#Cc1cccc(C(=O)Nc2sc(C(=O)N3CCCCC3)cc2C(N)=O)c1. The fraction of sp³-hybridized carbons (Fsp3) is 0.263. The molecule has 3 rings (SSSR count). The molecule has 1 aliphatic rings. The van der Waals surface area contributed by atoms with Gasteiger partial charge in [-0.3, -0.25) is 14.4 Å². The average molecular weight is 382 g/mol. The molecule has 27 heavy (non-hydrogen) atoms. The first-order chi connectivity index (χ1) is 13.0. The Kier molecular flexibility index (Phi) is 5.52. The molecule has 0 bridgehead atoms. The Balaban J connectivity index is 1.85. The second-order valence-electron chi connectivity index (χ2n) is 6.22. The van der Waals surface area contributed by atoms with Gasteiger partial charge in [-0.25, -0.2) is 0 Å². The number of amides is 3. The fourth-order valence-corrected chi connectivity index (χ4v) is 3.96. The summed E-state index contributed by atoms with van der Waals surface area (Å²) in [5.74, 6) is -1.35. The quantitative estimate of drug-likeness (QED) is 0.845. The summed E-state index contributed by atoms with van der Waals surface area (Å²) in [4.78, 5) is 39.0. The third-order valence-electron chi connectivity index (χ3n) is 4.33. The standard InChI is InChI=1S/C19H18N4O3S/c20-11-12-5-4-6-13(9-12)17(25)22-18-14(16(21)24)10-15(27-18)19(26)23-7-2-1-3-8-23/h4-6,9-10H,1-3,7-8H2,(H2,21,24)(H,22,25). The zero-order chi connectivity index (χ0) is 19.4. The Labute approximate surface area is 160 Å². The molecule has 0 aliphatic carbocycles. The normalized spacial score (nSPS) is 13.7. The second kappa shape index (κ2) is 8.01. The third-order valence-corrected chi connectivity index (χ3v) is 5.37. The number of nitrogens with two attached hydrogens (primary N) is 1. The number of carbonyl (C=O) groups is 3. The van der Waals surface area contributed by atoms with Gasteiger partial charge in [0.1, 0.15) is 5.00 Å². The van der Waals surface area contributed by atoms with E-state index < -0.39 is 11.8 Å². The first kappa shape index (κ1) is 18.6. The summed E-state index contributed by atoms with van der Waals surface area (Å²) >= 11 is 1.03. The van der Waals surface area contributed by atoms with Crippen molar-refractivity contribution >= 4 is 34.1 Å². The molecule has 8 heteroatoms. The van der Waals surface area contributed by atoms with Crippen molar-refractivity contribution in [3.63, 3.8) is 0 Å². The van der Waals surface area contributed by atoms with Gasteiger partial charge in [0.05, 0.1) is 22.1 Å². The van der Waals surface area contributed by atoms with Gasteiger partial charge in [-0.2, -0.15) is 5.26 Å². The Bertz CT molecular complexity index is 939. The van der Waals surface area contributed by atoms with E-state index in [0.717, 1.165) is 30.6 Å². The number of nitrogens with zero attached hydrogens (tertiary/aromatic N) is 2. The van der Waals surface area contributed by atoms with Crippen LogP contribution in [-0.2, 0) is 0 Å². The molecule has 2 heterocycles. The Hall–Kier alpha value is -3.18. The van der Waals surface area contributed by atoms with E-state index in [1.807, 2.05) is 6.07 Å². The van der Waals surface area contributed by atoms with Crippen molar-refractivity contribution in [1.82, 2.24) is 4.90 Å². The number of likely N-dealkylation sites (tertiary alicyclic amines) is 1. The monoisotopic (exact) mass is 382 g/mol. The molecule has 1 fully saturated rings. The second-order valence-corrected chi connectivity index (χ2v) is 7.27. The minimum absolute atomic E-state index is 0.102. The predicted octanol–water partition coefficient (Wildman–Crippen LogP) is 2.60. The first-order valence-electron chi connectivity index (χ1n) is 8.54. The fourth-order valence-electron chi connectivity index (χ4n) is 2.93. The summed E-state index contributed by atoms with van der Waals surface area (Å²) in [5.41, 5.74) is 6.15. The van der Waals surface area contributed by atoms with Crippen LogP contribution in [0.4, 0.5) is 5.00 Å². The number of carbonyl (C=O) groups excluding carboxylic acids is 3. The van der Waals surface area contributed by atoms with Crippen molar-refractivity contribution in [1.29, 1.82) is 5.26 Å². The number of hydrogen-bond acceptors (Lipinski definition) is 5. The molecule has 3 N–H and O–H groups in total. The Morgan fingerprint density at radius 2 is 1.89 bits per heavy atom. The van der Waals surface area contributed by atoms with Crippen molar-refractivity contribution in [2.75, 3.05) is 18.4 Å². The van der Waals surface area contributed by atoms with Gasteiger partial charge in [0.15, 0.2) is 0 Å². The third kappa shape index (κ3) is 4.15. The molecule has 7 nitrogen and oxygen atoms in total. The van der Waals surface area contributed by atoms with Crippen molar-refractivity contribution in [2.24, 2.45) is 5.73 Å². The van der Waals surface area contributed by atoms with Crippen molar-refractivity contribution < 1.29 is 14.4 Å². The van der Waals surface area contributed by atoms with Crippen LogP contribution in [0.25, 0.3) is 0 Å². The maximum atomic E-state index is 12.7. The summed E-state index contributed by atoms with van der Waals surface area (Å²) in [6.45, 7) is 1.37. The topological polar surface area (TPSA) is 116 Å². The van der Waals surface area contributed by atoms with Crippen LogP contribution in [0.5, 0.6) is 0 Å². The van der Waals surface area contributed by atoms with Crippen LogP contribution in [0.15, 0.2) is 30.3 Å². The van der Waals surface area contributed by atoms with Gasteiger partial charge in [-0.1, -0.05) is 6.07 Å². The van der Waals surface area contributed by atoms with Crippen LogP contribution in [0.1, 0.15) is 55.2 Å². The number of benzene rings is 1. The van der Waals surface area contributed by atoms with Crippen LogP contribution in [0.3, 0.4) is 0 Å². The molecule has 1 saturated heterocycles. The number of nitrogens with one attached hydrogen (secondary N) is 1. The van der Waals surface area contributed by atoms with Crippen LogP contribution < -0.4 is 11.1 Å². The minimum Gasteiger partial charge on any atom is -0.366 e. The first-order valence-corrected chi connectivity index (χ1v) is 9.35. The zero-order valence-electron chi connectivity index (χ0n) is 14.5. The molecule has 0 spiro atoms. The lowest BCUT2D eigenvalue weighted by Gasteiger charge is -2.26. The summed E-state index contributed by atoms with van der Waals surface area (Å²) in [6, 6.07) is 9.61. The van der Waals surface area contributed by atoms with Gasteiger partial charge in [-0.05, 0) is 43.5 Å². The van der Waals surface area contributed by atoms with Crippen LogP contribution >= 0.6 is 11.3 Å². The number of hydrogen-bond donors (Lipinski definition) is 2. The molecule has 0 radical (unpaired) electrons. The van der Waals surface area contributed by atoms with E-state index in [4.69, 9.17) is 11.0 Å². The Morgan fingerprint density at radius 1 is 1.15 bits per heavy atom. The molecule has 0 unspecified atom stereocenters. The molecule has 2 aromatic rings. The van der Waals surface area contributed by atoms with Gasteiger partial charge in [-0.15, -0.1) is 11.3 Å². The number of rotatable bonds is 4. The zero-order valence-corrected chi connectivity index (χ0v) is 15.3. The van der Waals surface area contributed by atoms with Crippen molar-refractivity contribution in [2.45, 2.75) is 19.3 Å². The van der Waals surface area contributed by atoms with E-state index in [9.17, 15) is 14.4 Å². The average Bonchev–Trinajstić information content (AvgIpc) is 3.12. The summed E-state index contributed by atoms with van der Waals surface area (Å²) < 4.78 is 0. The number of nitriles is 1. The molecule has 1 aliphatic heterocycles.